The van der Waals surface area contributed by atoms with Gasteiger partial charge in [0.2, 0.25) is 5.82 Å². The lowest BCUT2D eigenvalue weighted by Gasteiger charge is -2.26. The molecule has 1 atom stereocenters. The summed E-state index contributed by atoms with van der Waals surface area (Å²) in [5.74, 6) is 0.00683. The summed E-state index contributed by atoms with van der Waals surface area (Å²) >= 11 is 0. The predicted octanol–water partition coefficient (Wildman–Crippen LogP) is 2.75. The van der Waals surface area contributed by atoms with Crippen LogP contribution in [0.4, 0.5) is 4.39 Å². The Bertz CT molecular complexity index is 973. The van der Waals surface area contributed by atoms with Crippen LogP contribution >= 0.6 is 12.4 Å². The number of aryl methyl sites for hydroxylation is 1. The summed E-state index contributed by atoms with van der Waals surface area (Å²) in [4.78, 5) is 16.8. The number of rotatable bonds is 4. The first-order valence-corrected chi connectivity index (χ1v) is 8.91. The van der Waals surface area contributed by atoms with Gasteiger partial charge in [-0.25, -0.2) is 14.1 Å². The van der Waals surface area contributed by atoms with Crippen molar-refractivity contribution in [1.29, 1.82) is 0 Å². The maximum Gasteiger partial charge on any atom is 0.291 e. The van der Waals surface area contributed by atoms with Crippen LogP contribution in [0.1, 0.15) is 33.6 Å². The minimum atomic E-state index is -0.330. The summed E-state index contributed by atoms with van der Waals surface area (Å²) in [6.45, 7) is 3.10. The van der Waals surface area contributed by atoms with Crippen LogP contribution in [0.15, 0.2) is 48.5 Å². The van der Waals surface area contributed by atoms with Gasteiger partial charge in [-0.3, -0.25) is 4.79 Å². The highest BCUT2D eigenvalue weighted by Crippen LogP contribution is 2.22. The van der Waals surface area contributed by atoms with Crippen LogP contribution in [-0.4, -0.2) is 33.8 Å². The number of benzene rings is 2. The third-order valence-corrected chi connectivity index (χ3v) is 4.73. The first-order valence-electron chi connectivity index (χ1n) is 8.91. The fourth-order valence-corrected chi connectivity index (χ4v) is 3.36. The van der Waals surface area contributed by atoms with E-state index in [1.165, 1.54) is 27.9 Å². The Morgan fingerprint density at radius 3 is 2.79 bits per heavy atom. The Morgan fingerprint density at radius 1 is 1.25 bits per heavy atom. The Morgan fingerprint density at radius 2 is 2.00 bits per heavy atom. The summed E-state index contributed by atoms with van der Waals surface area (Å²) in [7, 11) is 0. The van der Waals surface area contributed by atoms with E-state index in [9.17, 15) is 9.18 Å². The monoisotopic (exact) mass is 401 g/mol. The second-order valence-corrected chi connectivity index (χ2v) is 6.54. The molecule has 6 nitrogen and oxygen atoms in total. The number of hydrogen-bond acceptors (Lipinski definition) is 4. The van der Waals surface area contributed by atoms with E-state index in [4.69, 9.17) is 0 Å². The molecule has 146 valence electrons. The molecule has 2 aromatic carbocycles. The smallest absolute Gasteiger partial charge is 0.291 e. The number of nitrogens with zero attached hydrogens (tertiary/aromatic N) is 3. The SMILES string of the molecule is Cc1nc(C(=O)NCC2NCCc3ccccc32)nn1-c1ccc(F)cc1.Cl. The molecule has 2 N–H and O–H groups in total. The molecule has 4 rings (SSSR count). The zero-order valence-corrected chi connectivity index (χ0v) is 16.2. The fraction of sp³-hybridized carbons (Fsp3) is 0.250. The van der Waals surface area contributed by atoms with E-state index in [1.807, 2.05) is 12.1 Å². The van der Waals surface area contributed by atoms with E-state index in [1.54, 1.807) is 19.1 Å². The largest absolute Gasteiger partial charge is 0.347 e. The van der Waals surface area contributed by atoms with Gasteiger partial charge in [-0.1, -0.05) is 24.3 Å². The molecular weight excluding hydrogens is 381 g/mol. The molecule has 0 saturated carbocycles. The van der Waals surface area contributed by atoms with E-state index in [-0.39, 0.29) is 36.0 Å². The molecular formula is C20H21ClFN5O. The molecule has 1 aromatic heterocycles. The molecule has 1 unspecified atom stereocenters. The number of amides is 1. The number of carbonyl (C=O) groups is 1. The summed E-state index contributed by atoms with van der Waals surface area (Å²) in [6.07, 6.45) is 0.990. The lowest BCUT2D eigenvalue weighted by molar-refractivity contribution is 0.0938. The molecule has 8 heteroatoms. The van der Waals surface area contributed by atoms with Gasteiger partial charge in [-0.2, -0.15) is 0 Å². The zero-order valence-electron chi connectivity index (χ0n) is 15.4. The van der Waals surface area contributed by atoms with Gasteiger partial charge >= 0.3 is 0 Å². The number of fused-ring (bicyclic) bond motifs is 1. The molecule has 0 spiro atoms. The highest BCUT2D eigenvalue weighted by atomic mass is 35.5. The number of halogens is 2. The van der Waals surface area contributed by atoms with Gasteiger partial charge in [0.15, 0.2) is 0 Å². The quantitative estimate of drug-likeness (QED) is 0.705. The Kier molecular flexibility index (Phi) is 6.06. The number of aromatic nitrogens is 3. The third-order valence-electron chi connectivity index (χ3n) is 4.73. The van der Waals surface area contributed by atoms with Crippen LogP contribution in [0, 0.1) is 12.7 Å². The molecule has 3 aromatic rings. The Labute approximate surface area is 168 Å². The van der Waals surface area contributed by atoms with Crippen molar-refractivity contribution in [2.24, 2.45) is 0 Å². The van der Waals surface area contributed by atoms with Crippen molar-refractivity contribution in [3.8, 4) is 5.69 Å². The molecule has 1 aliphatic heterocycles. The van der Waals surface area contributed by atoms with Gasteiger partial charge in [-0.05, 0) is 55.3 Å². The predicted molar refractivity (Wildman–Crippen MR) is 107 cm³/mol. The maximum absolute atomic E-state index is 13.1. The minimum absolute atomic E-state index is 0. The fourth-order valence-electron chi connectivity index (χ4n) is 3.36. The summed E-state index contributed by atoms with van der Waals surface area (Å²) in [5, 5.41) is 10.6. The number of carbonyl (C=O) groups excluding carboxylic acids is 1. The Hall–Kier alpha value is -2.77. The highest BCUT2D eigenvalue weighted by molar-refractivity contribution is 5.90. The molecule has 2 heterocycles. The standard InChI is InChI=1S/C20H20FN5O.ClH/c1-13-24-19(25-26(13)16-8-6-15(21)7-9-16)20(27)23-12-18-17-5-3-2-4-14(17)10-11-22-18;/h2-9,18,22H,10-12H2,1H3,(H,23,27);1H. The van der Waals surface area contributed by atoms with Crippen molar-refractivity contribution in [2.75, 3.05) is 13.1 Å². The third kappa shape index (κ3) is 4.05. The van der Waals surface area contributed by atoms with Crippen molar-refractivity contribution in [2.45, 2.75) is 19.4 Å². The summed E-state index contributed by atoms with van der Waals surface area (Å²) < 4.78 is 14.6. The highest BCUT2D eigenvalue weighted by Gasteiger charge is 2.21. The van der Waals surface area contributed by atoms with Crippen molar-refractivity contribution in [1.82, 2.24) is 25.4 Å². The van der Waals surface area contributed by atoms with Crippen LogP contribution in [-0.2, 0) is 6.42 Å². The first kappa shape index (κ1) is 20.0. The van der Waals surface area contributed by atoms with Crippen molar-refractivity contribution >= 4 is 18.3 Å². The molecule has 28 heavy (non-hydrogen) atoms. The average Bonchev–Trinajstić information content (AvgIpc) is 3.08. The molecule has 0 radical (unpaired) electrons. The van der Waals surface area contributed by atoms with Crippen LogP contribution < -0.4 is 10.6 Å². The average molecular weight is 402 g/mol. The van der Waals surface area contributed by atoms with Crippen LogP contribution in [0.2, 0.25) is 0 Å². The van der Waals surface area contributed by atoms with Crippen molar-refractivity contribution in [3.63, 3.8) is 0 Å². The first-order chi connectivity index (χ1) is 13.1. The summed E-state index contributed by atoms with van der Waals surface area (Å²) in [6, 6.07) is 14.2. The van der Waals surface area contributed by atoms with E-state index in [2.05, 4.69) is 32.8 Å². The van der Waals surface area contributed by atoms with E-state index < -0.39 is 0 Å². The van der Waals surface area contributed by atoms with Crippen LogP contribution in [0.3, 0.4) is 0 Å². The minimum Gasteiger partial charge on any atom is -0.347 e. The van der Waals surface area contributed by atoms with Gasteiger partial charge in [-0.15, -0.1) is 17.5 Å². The van der Waals surface area contributed by atoms with Gasteiger partial charge in [0, 0.05) is 12.6 Å². The number of hydrogen-bond donors (Lipinski definition) is 2. The normalized spacial score (nSPS) is 15.4. The molecule has 0 saturated heterocycles. The topological polar surface area (TPSA) is 71.8 Å². The van der Waals surface area contributed by atoms with Gasteiger partial charge in [0.05, 0.1) is 5.69 Å². The molecule has 0 bridgehead atoms. The van der Waals surface area contributed by atoms with Crippen LogP contribution in [0.5, 0.6) is 0 Å². The van der Waals surface area contributed by atoms with Gasteiger partial charge in [0.25, 0.3) is 5.91 Å². The van der Waals surface area contributed by atoms with Crippen LogP contribution in [0.25, 0.3) is 5.69 Å². The van der Waals surface area contributed by atoms with E-state index in [0.717, 1.165) is 13.0 Å². The molecule has 1 aliphatic rings. The van der Waals surface area contributed by atoms with Gasteiger partial charge < -0.3 is 10.6 Å². The molecule has 1 amide bonds. The van der Waals surface area contributed by atoms with Crippen molar-refractivity contribution in [3.05, 3.63) is 77.1 Å². The van der Waals surface area contributed by atoms with E-state index in [0.29, 0.717) is 18.1 Å². The maximum atomic E-state index is 13.1. The molecule has 0 aliphatic carbocycles. The molecule has 0 fully saturated rings. The lowest BCUT2D eigenvalue weighted by atomic mass is 9.94. The number of nitrogens with one attached hydrogen (secondary N) is 2. The summed E-state index contributed by atoms with van der Waals surface area (Å²) in [5.41, 5.74) is 3.18. The second-order valence-electron chi connectivity index (χ2n) is 6.54. The Balaban J connectivity index is 0.00000225. The van der Waals surface area contributed by atoms with E-state index >= 15 is 0 Å². The second kappa shape index (κ2) is 8.50. The zero-order chi connectivity index (χ0) is 18.8. The lowest BCUT2D eigenvalue weighted by Crippen LogP contribution is -2.39. The van der Waals surface area contributed by atoms with Gasteiger partial charge in [0.1, 0.15) is 11.6 Å². The van der Waals surface area contributed by atoms with Crippen molar-refractivity contribution < 1.29 is 9.18 Å².